The maximum atomic E-state index is 5.58. The number of ether oxygens (including phenoxy) is 1. The summed E-state index contributed by atoms with van der Waals surface area (Å²) >= 11 is 0. The number of nitrogens with two attached hydrogens (primary N) is 1. The first-order chi connectivity index (χ1) is 6.88. The molecule has 4 heteroatoms. The molecule has 1 aromatic rings. The molecule has 78 valence electrons. The van der Waals surface area contributed by atoms with Gasteiger partial charge in [0.25, 0.3) is 0 Å². The zero-order valence-electron chi connectivity index (χ0n) is 8.49. The van der Waals surface area contributed by atoms with Crippen LogP contribution in [0, 0.1) is 0 Å². The van der Waals surface area contributed by atoms with Gasteiger partial charge in [-0.2, -0.15) is 0 Å². The minimum absolute atomic E-state index is 0.514. The molecule has 1 rings (SSSR count). The summed E-state index contributed by atoms with van der Waals surface area (Å²) < 4.78 is 4.95. The topological polar surface area (TPSA) is 60.2 Å². The van der Waals surface area contributed by atoms with Gasteiger partial charge in [-0.25, -0.2) is 4.98 Å². The lowest BCUT2D eigenvalue weighted by molar-refractivity contribution is 0.197. The molecule has 0 aromatic carbocycles. The van der Waals surface area contributed by atoms with Crippen molar-refractivity contribution in [1.82, 2.24) is 4.98 Å². The van der Waals surface area contributed by atoms with Crippen molar-refractivity contribution in [2.75, 3.05) is 25.6 Å². The second kappa shape index (κ2) is 6.34. The average molecular weight is 195 g/mol. The summed E-state index contributed by atoms with van der Waals surface area (Å²) in [5.74, 6) is 0.881. The molecule has 0 spiro atoms. The van der Waals surface area contributed by atoms with E-state index < -0.39 is 0 Å². The molecule has 3 N–H and O–H groups in total. The van der Waals surface area contributed by atoms with Gasteiger partial charge in [-0.15, -0.1) is 0 Å². The van der Waals surface area contributed by atoms with Crippen molar-refractivity contribution in [1.29, 1.82) is 0 Å². The van der Waals surface area contributed by atoms with Crippen molar-refractivity contribution in [3.05, 3.63) is 23.9 Å². The summed E-state index contributed by atoms with van der Waals surface area (Å²) in [6.07, 6.45) is 2.73. The largest absolute Gasteiger partial charge is 0.385 e. The van der Waals surface area contributed by atoms with E-state index in [1.165, 1.54) is 0 Å². The van der Waals surface area contributed by atoms with Crippen LogP contribution in [0.1, 0.15) is 12.0 Å². The Morgan fingerprint density at radius 1 is 1.57 bits per heavy atom. The molecular weight excluding hydrogens is 178 g/mol. The number of anilines is 1. The van der Waals surface area contributed by atoms with Gasteiger partial charge in [0, 0.05) is 38.6 Å². The Morgan fingerprint density at radius 2 is 2.43 bits per heavy atom. The molecule has 0 amide bonds. The second-order valence-electron chi connectivity index (χ2n) is 2.99. The first-order valence-electron chi connectivity index (χ1n) is 4.75. The lowest BCUT2D eigenvalue weighted by Crippen LogP contribution is -2.09. The average Bonchev–Trinajstić information content (AvgIpc) is 2.25. The zero-order valence-corrected chi connectivity index (χ0v) is 8.49. The van der Waals surface area contributed by atoms with E-state index >= 15 is 0 Å². The predicted molar refractivity (Wildman–Crippen MR) is 57.1 cm³/mol. The molecule has 0 saturated heterocycles. The van der Waals surface area contributed by atoms with E-state index in [2.05, 4.69) is 10.3 Å². The predicted octanol–water partition coefficient (Wildman–Crippen LogP) is 0.989. The molecule has 14 heavy (non-hydrogen) atoms. The van der Waals surface area contributed by atoms with Crippen molar-refractivity contribution < 1.29 is 4.74 Å². The Kier molecular flexibility index (Phi) is 4.96. The lowest BCUT2D eigenvalue weighted by atomic mass is 10.2. The van der Waals surface area contributed by atoms with Crippen molar-refractivity contribution in [2.24, 2.45) is 5.73 Å². The third-order valence-electron chi connectivity index (χ3n) is 1.93. The molecule has 1 heterocycles. The van der Waals surface area contributed by atoms with Gasteiger partial charge in [0.1, 0.15) is 5.82 Å². The van der Waals surface area contributed by atoms with Gasteiger partial charge in [0.05, 0.1) is 0 Å². The quantitative estimate of drug-likeness (QED) is 0.664. The van der Waals surface area contributed by atoms with E-state index in [0.717, 1.165) is 31.0 Å². The SMILES string of the molecule is COCCCNc1ncccc1CN. The molecule has 0 aliphatic rings. The molecule has 0 radical (unpaired) electrons. The van der Waals surface area contributed by atoms with Crippen LogP contribution in [0.3, 0.4) is 0 Å². The normalized spacial score (nSPS) is 10.1. The van der Waals surface area contributed by atoms with Crippen LogP contribution in [0.25, 0.3) is 0 Å². The monoisotopic (exact) mass is 195 g/mol. The molecule has 1 aromatic heterocycles. The summed E-state index contributed by atoms with van der Waals surface area (Å²) in [6.45, 7) is 2.14. The third kappa shape index (κ3) is 3.32. The third-order valence-corrected chi connectivity index (χ3v) is 1.93. The van der Waals surface area contributed by atoms with Crippen LogP contribution in [-0.4, -0.2) is 25.2 Å². The fraction of sp³-hybridized carbons (Fsp3) is 0.500. The number of rotatable bonds is 6. The van der Waals surface area contributed by atoms with E-state index in [4.69, 9.17) is 10.5 Å². The van der Waals surface area contributed by atoms with Crippen molar-refractivity contribution in [3.8, 4) is 0 Å². The maximum Gasteiger partial charge on any atom is 0.130 e. The Balaban J connectivity index is 2.41. The van der Waals surface area contributed by atoms with Gasteiger partial charge in [-0.05, 0) is 12.5 Å². The van der Waals surface area contributed by atoms with Crippen LogP contribution in [0.4, 0.5) is 5.82 Å². The standard InChI is InChI=1S/C10H17N3O/c1-14-7-3-6-13-10-9(8-11)4-2-5-12-10/h2,4-5H,3,6-8,11H2,1H3,(H,12,13). The minimum Gasteiger partial charge on any atom is -0.385 e. The molecule has 0 atom stereocenters. The molecule has 0 bridgehead atoms. The van der Waals surface area contributed by atoms with Crippen LogP contribution < -0.4 is 11.1 Å². The van der Waals surface area contributed by atoms with E-state index in [1.807, 2.05) is 12.1 Å². The van der Waals surface area contributed by atoms with Gasteiger partial charge >= 0.3 is 0 Å². The number of hydrogen-bond donors (Lipinski definition) is 2. The molecule has 0 unspecified atom stereocenters. The van der Waals surface area contributed by atoms with Gasteiger partial charge in [0.2, 0.25) is 0 Å². The first-order valence-corrected chi connectivity index (χ1v) is 4.75. The second-order valence-corrected chi connectivity index (χ2v) is 2.99. The number of aromatic nitrogens is 1. The number of hydrogen-bond acceptors (Lipinski definition) is 4. The van der Waals surface area contributed by atoms with Crippen LogP contribution in [0.15, 0.2) is 18.3 Å². The summed E-state index contributed by atoms with van der Waals surface area (Å²) in [6, 6.07) is 3.87. The fourth-order valence-corrected chi connectivity index (χ4v) is 1.19. The maximum absolute atomic E-state index is 5.58. The van der Waals surface area contributed by atoms with E-state index in [9.17, 15) is 0 Å². The molecule has 0 saturated carbocycles. The highest BCUT2D eigenvalue weighted by atomic mass is 16.5. The van der Waals surface area contributed by atoms with E-state index in [0.29, 0.717) is 6.54 Å². The number of nitrogens with one attached hydrogen (secondary N) is 1. The highest BCUT2D eigenvalue weighted by Crippen LogP contribution is 2.09. The van der Waals surface area contributed by atoms with Crippen LogP contribution in [-0.2, 0) is 11.3 Å². The summed E-state index contributed by atoms with van der Waals surface area (Å²) in [4.78, 5) is 4.22. The van der Waals surface area contributed by atoms with Gasteiger partial charge in [0.15, 0.2) is 0 Å². The number of methoxy groups -OCH3 is 1. The summed E-state index contributed by atoms with van der Waals surface area (Å²) in [5.41, 5.74) is 6.62. The highest BCUT2D eigenvalue weighted by Gasteiger charge is 1.99. The molecule has 0 aliphatic carbocycles. The summed E-state index contributed by atoms with van der Waals surface area (Å²) in [5, 5.41) is 3.23. The van der Waals surface area contributed by atoms with Gasteiger partial charge < -0.3 is 15.8 Å². The van der Waals surface area contributed by atoms with E-state index in [-0.39, 0.29) is 0 Å². The summed E-state index contributed by atoms with van der Waals surface area (Å²) in [7, 11) is 1.70. The number of nitrogens with zero attached hydrogens (tertiary/aromatic N) is 1. The van der Waals surface area contributed by atoms with E-state index in [1.54, 1.807) is 13.3 Å². The van der Waals surface area contributed by atoms with Gasteiger partial charge in [-0.1, -0.05) is 6.07 Å². The smallest absolute Gasteiger partial charge is 0.130 e. The fourth-order valence-electron chi connectivity index (χ4n) is 1.19. The van der Waals surface area contributed by atoms with Crippen molar-refractivity contribution in [2.45, 2.75) is 13.0 Å². The van der Waals surface area contributed by atoms with Crippen molar-refractivity contribution in [3.63, 3.8) is 0 Å². The Hall–Kier alpha value is -1.13. The minimum atomic E-state index is 0.514. The van der Waals surface area contributed by atoms with Gasteiger partial charge in [-0.3, -0.25) is 0 Å². The van der Waals surface area contributed by atoms with Crippen LogP contribution in [0.5, 0.6) is 0 Å². The molecule has 0 aliphatic heterocycles. The Labute approximate surface area is 84.5 Å². The molecule has 0 fully saturated rings. The van der Waals surface area contributed by atoms with Crippen molar-refractivity contribution >= 4 is 5.82 Å². The Morgan fingerprint density at radius 3 is 3.14 bits per heavy atom. The van der Waals surface area contributed by atoms with Crippen LogP contribution >= 0.6 is 0 Å². The highest BCUT2D eigenvalue weighted by molar-refractivity contribution is 5.43. The Bertz CT molecular complexity index is 265. The van der Waals surface area contributed by atoms with Crippen LogP contribution in [0.2, 0.25) is 0 Å². The lowest BCUT2D eigenvalue weighted by Gasteiger charge is -2.08. The molecular formula is C10H17N3O. The zero-order chi connectivity index (χ0) is 10.2. The first kappa shape index (κ1) is 10.9. The molecule has 4 nitrogen and oxygen atoms in total. The number of pyridine rings is 1.